The zero-order valence-electron chi connectivity index (χ0n) is 15.5. The molecule has 0 unspecified atom stereocenters. The summed E-state index contributed by atoms with van der Waals surface area (Å²) in [6, 6.07) is 14.9. The van der Waals surface area contributed by atoms with Gasteiger partial charge in [0.2, 0.25) is 0 Å². The first kappa shape index (κ1) is 19.0. The standard InChI is InChI=1S/C22H17F3N2O2/c1-2-29-21(28)18-12-16(22(23,24)25)11-15-9-10-27(20(15)18)13-17-8-7-14-5-3-4-6-19(14)26-17/h3-12H,2,13H2,1H3. The molecule has 148 valence electrons. The molecule has 4 rings (SSSR count). The Labute approximate surface area is 164 Å². The number of hydrogen-bond acceptors (Lipinski definition) is 3. The van der Waals surface area contributed by atoms with Gasteiger partial charge in [-0.2, -0.15) is 13.2 Å². The van der Waals surface area contributed by atoms with Crippen molar-refractivity contribution in [1.29, 1.82) is 0 Å². The quantitative estimate of drug-likeness (QED) is 0.431. The van der Waals surface area contributed by atoms with Gasteiger partial charge in [0.15, 0.2) is 0 Å². The predicted molar refractivity (Wildman–Crippen MR) is 104 cm³/mol. The molecule has 0 saturated heterocycles. The number of fused-ring (bicyclic) bond motifs is 2. The zero-order chi connectivity index (χ0) is 20.6. The van der Waals surface area contributed by atoms with E-state index in [-0.39, 0.29) is 12.2 Å². The topological polar surface area (TPSA) is 44.1 Å². The van der Waals surface area contributed by atoms with E-state index in [4.69, 9.17) is 4.74 Å². The second kappa shape index (κ2) is 7.24. The lowest BCUT2D eigenvalue weighted by Crippen LogP contribution is -2.12. The van der Waals surface area contributed by atoms with Crippen LogP contribution in [0.3, 0.4) is 0 Å². The van der Waals surface area contributed by atoms with Crippen molar-refractivity contribution in [3.8, 4) is 0 Å². The highest BCUT2D eigenvalue weighted by Crippen LogP contribution is 2.34. The molecule has 7 heteroatoms. The van der Waals surface area contributed by atoms with Crippen LogP contribution in [0.5, 0.6) is 0 Å². The number of alkyl halides is 3. The van der Waals surface area contributed by atoms with Gasteiger partial charge in [0, 0.05) is 17.0 Å². The number of pyridine rings is 1. The van der Waals surface area contributed by atoms with Crippen LogP contribution >= 0.6 is 0 Å². The average Bonchev–Trinajstić information content (AvgIpc) is 3.09. The van der Waals surface area contributed by atoms with Crippen LogP contribution in [0.25, 0.3) is 21.8 Å². The monoisotopic (exact) mass is 398 g/mol. The summed E-state index contributed by atoms with van der Waals surface area (Å²) in [5.41, 5.74) is 0.964. The van der Waals surface area contributed by atoms with Gasteiger partial charge in [0.05, 0.1) is 41.0 Å². The summed E-state index contributed by atoms with van der Waals surface area (Å²) >= 11 is 0. The Kier molecular flexibility index (Phi) is 4.74. The summed E-state index contributed by atoms with van der Waals surface area (Å²) in [5, 5.41) is 1.32. The Morgan fingerprint density at radius 2 is 1.86 bits per heavy atom. The highest BCUT2D eigenvalue weighted by molar-refractivity contribution is 6.03. The molecular formula is C22H17F3N2O2. The maximum atomic E-state index is 13.3. The molecule has 0 saturated carbocycles. The van der Waals surface area contributed by atoms with Gasteiger partial charge in [-0.05, 0) is 37.3 Å². The minimum Gasteiger partial charge on any atom is -0.462 e. The van der Waals surface area contributed by atoms with Crippen molar-refractivity contribution < 1.29 is 22.7 Å². The smallest absolute Gasteiger partial charge is 0.416 e. The highest BCUT2D eigenvalue weighted by Gasteiger charge is 2.33. The Morgan fingerprint density at radius 1 is 1.07 bits per heavy atom. The third-order valence-electron chi connectivity index (χ3n) is 4.67. The van der Waals surface area contributed by atoms with Crippen LogP contribution in [0.2, 0.25) is 0 Å². The van der Waals surface area contributed by atoms with Gasteiger partial charge in [-0.3, -0.25) is 4.98 Å². The first-order valence-electron chi connectivity index (χ1n) is 9.08. The van der Waals surface area contributed by atoms with Gasteiger partial charge in [0.1, 0.15) is 0 Å². The van der Waals surface area contributed by atoms with Crippen LogP contribution in [-0.4, -0.2) is 22.1 Å². The van der Waals surface area contributed by atoms with Gasteiger partial charge in [0.25, 0.3) is 0 Å². The van der Waals surface area contributed by atoms with Crippen LogP contribution < -0.4 is 0 Å². The fraction of sp³-hybridized carbons (Fsp3) is 0.182. The third-order valence-corrected chi connectivity index (χ3v) is 4.67. The van der Waals surface area contributed by atoms with E-state index in [0.29, 0.717) is 17.4 Å². The van der Waals surface area contributed by atoms with Gasteiger partial charge in [-0.1, -0.05) is 24.3 Å². The van der Waals surface area contributed by atoms with Gasteiger partial charge in [-0.15, -0.1) is 0 Å². The minimum absolute atomic E-state index is 0.0729. The number of halogens is 3. The molecule has 4 aromatic rings. The van der Waals surface area contributed by atoms with Crippen LogP contribution in [-0.2, 0) is 17.5 Å². The highest BCUT2D eigenvalue weighted by atomic mass is 19.4. The molecule has 0 aliphatic carbocycles. The van der Waals surface area contributed by atoms with Crippen LogP contribution in [0, 0.1) is 0 Å². The second-order valence-corrected chi connectivity index (χ2v) is 6.62. The Morgan fingerprint density at radius 3 is 2.62 bits per heavy atom. The zero-order valence-corrected chi connectivity index (χ0v) is 15.5. The summed E-state index contributed by atoms with van der Waals surface area (Å²) in [4.78, 5) is 17.0. The van der Waals surface area contributed by atoms with Crippen molar-refractivity contribution in [1.82, 2.24) is 9.55 Å². The molecule has 2 aromatic carbocycles. The molecule has 0 spiro atoms. The van der Waals surface area contributed by atoms with E-state index in [1.54, 1.807) is 23.8 Å². The Hall–Kier alpha value is -3.35. The lowest BCUT2D eigenvalue weighted by molar-refractivity contribution is -0.137. The van der Waals surface area contributed by atoms with Crippen molar-refractivity contribution in [2.45, 2.75) is 19.6 Å². The fourth-order valence-electron chi connectivity index (χ4n) is 3.38. The van der Waals surface area contributed by atoms with Crippen LogP contribution in [0.4, 0.5) is 13.2 Å². The van der Waals surface area contributed by atoms with E-state index in [0.717, 1.165) is 28.7 Å². The molecule has 0 atom stereocenters. The lowest BCUT2D eigenvalue weighted by atomic mass is 10.1. The molecule has 4 nitrogen and oxygen atoms in total. The lowest BCUT2D eigenvalue weighted by Gasteiger charge is -2.13. The van der Waals surface area contributed by atoms with Crippen molar-refractivity contribution in [3.05, 3.63) is 77.6 Å². The number of esters is 1. The van der Waals surface area contributed by atoms with Crippen LogP contribution in [0.15, 0.2) is 60.8 Å². The van der Waals surface area contributed by atoms with E-state index in [2.05, 4.69) is 4.98 Å². The molecule has 0 bridgehead atoms. The van der Waals surface area contributed by atoms with Crippen molar-refractivity contribution in [2.75, 3.05) is 6.61 Å². The Balaban J connectivity index is 1.82. The van der Waals surface area contributed by atoms with E-state index in [1.807, 2.05) is 36.4 Å². The van der Waals surface area contributed by atoms with E-state index in [1.165, 1.54) is 0 Å². The number of rotatable bonds is 4. The van der Waals surface area contributed by atoms with Crippen molar-refractivity contribution in [3.63, 3.8) is 0 Å². The molecule has 0 radical (unpaired) electrons. The predicted octanol–water partition coefficient (Wildman–Crippen LogP) is 5.43. The normalized spacial score (nSPS) is 11.9. The van der Waals surface area contributed by atoms with E-state index >= 15 is 0 Å². The SMILES string of the molecule is CCOC(=O)c1cc(C(F)(F)F)cc2ccn(Cc3ccc4ccccc4n3)c12. The molecule has 0 aliphatic rings. The maximum absolute atomic E-state index is 13.3. The molecule has 2 aromatic heterocycles. The van der Waals surface area contributed by atoms with Crippen molar-refractivity contribution in [2.24, 2.45) is 0 Å². The fourth-order valence-corrected chi connectivity index (χ4v) is 3.38. The number of aromatic nitrogens is 2. The average molecular weight is 398 g/mol. The summed E-state index contributed by atoms with van der Waals surface area (Å²) < 4.78 is 46.6. The van der Waals surface area contributed by atoms with Crippen molar-refractivity contribution >= 4 is 27.8 Å². The number of hydrogen-bond donors (Lipinski definition) is 0. The molecule has 0 N–H and O–H groups in total. The summed E-state index contributed by atoms with van der Waals surface area (Å²) in [6.45, 7) is 2.00. The number of para-hydroxylation sites is 1. The maximum Gasteiger partial charge on any atom is 0.416 e. The van der Waals surface area contributed by atoms with Crippen LogP contribution in [0.1, 0.15) is 28.5 Å². The number of carbonyl (C=O) groups is 1. The first-order valence-corrected chi connectivity index (χ1v) is 9.08. The molecule has 0 amide bonds. The molecule has 2 heterocycles. The second-order valence-electron chi connectivity index (χ2n) is 6.62. The van der Waals surface area contributed by atoms with E-state index in [9.17, 15) is 18.0 Å². The van der Waals surface area contributed by atoms with Gasteiger partial charge in [-0.25, -0.2) is 4.79 Å². The number of carbonyl (C=O) groups excluding carboxylic acids is 1. The molecule has 29 heavy (non-hydrogen) atoms. The number of benzene rings is 2. The summed E-state index contributed by atoms with van der Waals surface area (Å²) in [5.74, 6) is -0.782. The minimum atomic E-state index is -4.56. The third kappa shape index (κ3) is 3.68. The number of ether oxygens (including phenoxy) is 1. The summed E-state index contributed by atoms with van der Waals surface area (Å²) in [6.07, 6.45) is -2.90. The molecule has 0 aliphatic heterocycles. The largest absolute Gasteiger partial charge is 0.462 e. The summed E-state index contributed by atoms with van der Waals surface area (Å²) in [7, 11) is 0. The molecular weight excluding hydrogens is 381 g/mol. The first-order chi connectivity index (χ1) is 13.9. The molecule has 0 fully saturated rings. The van der Waals surface area contributed by atoms with Gasteiger partial charge >= 0.3 is 12.1 Å². The Bertz CT molecular complexity index is 1210. The number of nitrogens with zero attached hydrogens (tertiary/aromatic N) is 2. The van der Waals surface area contributed by atoms with E-state index < -0.39 is 17.7 Å². The van der Waals surface area contributed by atoms with Gasteiger partial charge < -0.3 is 9.30 Å².